The highest BCUT2D eigenvalue weighted by Crippen LogP contribution is 2.32. The zero-order valence-corrected chi connectivity index (χ0v) is 13.1. The Hall–Kier alpha value is -1.55. The molecule has 0 N–H and O–H groups in total. The van der Waals surface area contributed by atoms with Gasteiger partial charge in [-0.3, -0.25) is 4.79 Å². The lowest BCUT2D eigenvalue weighted by molar-refractivity contribution is 0.0688. The number of carbonyl (C=O) groups excluding carboxylic acids is 1. The van der Waals surface area contributed by atoms with Crippen molar-refractivity contribution in [2.75, 3.05) is 19.8 Å². The first-order valence-corrected chi connectivity index (χ1v) is 7.76. The minimum absolute atomic E-state index is 0.0394. The van der Waals surface area contributed by atoms with Gasteiger partial charge in [-0.25, -0.2) is 0 Å². The molecule has 1 aliphatic heterocycles. The second-order valence-corrected chi connectivity index (χ2v) is 5.10. The summed E-state index contributed by atoms with van der Waals surface area (Å²) in [5.41, 5.74) is 0.677. The van der Waals surface area contributed by atoms with Gasteiger partial charge < -0.3 is 14.2 Å². The predicted molar refractivity (Wildman–Crippen MR) is 81.2 cm³/mol. The second-order valence-electron chi connectivity index (χ2n) is 5.10. The average Bonchev–Trinajstić information content (AvgIpc) is 2.97. The van der Waals surface area contributed by atoms with Crippen LogP contribution in [0.2, 0.25) is 0 Å². The standard InChI is InChI=1S/C17H24O4/c1-4-14-13(9-10-21-14)17(18)12-7-8-15(19-5-2)16(11-12)20-6-3/h7-8,11,13-14H,4-6,9-10H2,1-3H3. The first kappa shape index (κ1) is 15.8. The van der Waals surface area contributed by atoms with E-state index in [4.69, 9.17) is 14.2 Å². The summed E-state index contributed by atoms with van der Waals surface area (Å²) in [4.78, 5) is 12.7. The smallest absolute Gasteiger partial charge is 0.168 e. The molecular formula is C17H24O4. The SMILES string of the molecule is CCOc1ccc(C(=O)C2CCOC2CC)cc1OCC. The molecule has 0 bridgehead atoms. The van der Waals surface area contributed by atoms with Gasteiger partial charge in [0.15, 0.2) is 17.3 Å². The molecule has 1 saturated heterocycles. The summed E-state index contributed by atoms with van der Waals surface area (Å²) in [6.45, 7) is 7.69. The van der Waals surface area contributed by atoms with Gasteiger partial charge in [0, 0.05) is 12.2 Å². The topological polar surface area (TPSA) is 44.8 Å². The van der Waals surface area contributed by atoms with E-state index < -0.39 is 0 Å². The van der Waals surface area contributed by atoms with Gasteiger partial charge in [-0.15, -0.1) is 0 Å². The summed E-state index contributed by atoms with van der Waals surface area (Å²) in [5, 5.41) is 0. The predicted octanol–water partition coefficient (Wildman–Crippen LogP) is 3.48. The third-order valence-electron chi connectivity index (χ3n) is 3.78. The van der Waals surface area contributed by atoms with E-state index in [1.165, 1.54) is 0 Å². The Morgan fingerprint density at radius 2 is 1.90 bits per heavy atom. The van der Waals surface area contributed by atoms with Crippen LogP contribution in [-0.4, -0.2) is 31.7 Å². The van der Waals surface area contributed by atoms with Crippen molar-refractivity contribution < 1.29 is 19.0 Å². The lowest BCUT2D eigenvalue weighted by Gasteiger charge is -2.17. The molecule has 1 aliphatic rings. The van der Waals surface area contributed by atoms with Gasteiger partial charge in [0.05, 0.1) is 25.2 Å². The summed E-state index contributed by atoms with van der Waals surface area (Å²) >= 11 is 0. The molecule has 0 spiro atoms. The highest BCUT2D eigenvalue weighted by atomic mass is 16.5. The molecule has 1 aromatic rings. The largest absolute Gasteiger partial charge is 0.490 e. The molecule has 4 heteroatoms. The van der Waals surface area contributed by atoms with Crippen LogP contribution >= 0.6 is 0 Å². The van der Waals surface area contributed by atoms with Crippen LogP contribution in [0.4, 0.5) is 0 Å². The van der Waals surface area contributed by atoms with Crippen LogP contribution in [0.25, 0.3) is 0 Å². The fourth-order valence-corrected chi connectivity index (χ4v) is 2.77. The van der Waals surface area contributed by atoms with Gasteiger partial charge in [0.2, 0.25) is 0 Å². The fourth-order valence-electron chi connectivity index (χ4n) is 2.77. The van der Waals surface area contributed by atoms with E-state index in [9.17, 15) is 4.79 Å². The molecule has 1 aromatic carbocycles. The van der Waals surface area contributed by atoms with Crippen LogP contribution in [0, 0.1) is 5.92 Å². The van der Waals surface area contributed by atoms with E-state index in [1.54, 1.807) is 6.07 Å². The molecule has 0 saturated carbocycles. The molecule has 2 atom stereocenters. The van der Waals surface area contributed by atoms with Crippen molar-refractivity contribution in [1.82, 2.24) is 0 Å². The molecule has 0 aromatic heterocycles. The summed E-state index contributed by atoms with van der Waals surface area (Å²) in [6.07, 6.45) is 1.71. The molecule has 2 rings (SSSR count). The van der Waals surface area contributed by atoms with Crippen molar-refractivity contribution in [3.8, 4) is 11.5 Å². The number of ketones is 1. The van der Waals surface area contributed by atoms with Crippen molar-refractivity contribution in [3.05, 3.63) is 23.8 Å². The Labute approximate surface area is 126 Å². The summed E-state index contributed by atoms with van der Waals surface area (Å²) < 4.78 is 16.7. The van der Waals surface area contributed by atoms with Crippen molar-refractivity contribution >= 4 is 5.78 Å². The molecule has 21 heavy (non-hydrogen) atoms. The van der Waals surface area contributed by atoms with Crippen molar-refractivity contribution in [2.45, 2.75) is 39.7 Å². The molecule has 0 amide bonds. The molecular weight excluding hydrogens is 268 g/mol. The van der Waals surface area contributed by atoms with E-state index in [1.807, 2.05) is 26.0 Å². The monoisotopic (exact) mass is 292 g/mol. The van der Waals surface area contributed by atoms with Gasteiger partial charge >= 0.3 is 0 Å². The zero-order valence-electron chi connectivity index (χ0n) is 13.1. The van der Waals surface area contributed by atoms with E-state index in [0.29, 0.717) is 36.9 Å². The third-order valence-corrected chi connectivity index (χ3v) is 3.78. The van der Waals surface area contributed by atoms with Crippen molar-refractivity contribution in [1.29, 1.82) is 0 Å². The van der Waals surface area contributed by atoms with Gasteiger partial charge in [-0.05, 0) is 44.9 Å². The van der Waals surface area contributed by atoms with Gasteiger partial charge in [-0.1, -0.05) is 6.92 Å². The minimum atomic E-state index is -0.0394. The number of rotatable bonds is 7. The molecule has 0 radical (unpaired) electrons. The molecule has 1 fully saturated rings. The molecule has 4 nitrogen and oxygen atoms in total. The summed E-state index contributed by atoms with van der Waals surface area (Å²) in [5.74, 6) is 1.42. The van der Waals surface area contributed by atoms with Gasteiger partial charge in [0.1, 0.15) is 0 Å². The van der Waals surface area contributed by atoms with Gasteiger partial charge in [0.25, 0.3) is 0 Å². The quantitative estimate of drug-likeness (QED) is 0.722. The second kappa shape index (κ2) is 7.46. The summed E-state index contributed by atoms with van der Waals surface area (Å²) in [7, 11) is 0. The molecule has 116 valence electrons. The summed E-state index contributed by atoms with van der Waals surface area (Å²) in [6, 6.07) is 5.43. The Bertz CT molecular complexity index is 484. The first-order chi connectivity index (χ1) is 10.2. The Kier molecular flexibility index (Phi) is 5.62. The Morgan fingerprint density at radius 3 is 2.57 bits per heavy atom. The van der Waals surface area contributed by atoms with Crippen molar-refractivity contribution in [2.24, 2.45) is 5.92 Å². The van der Waals surface area contributed by atoms with Crippen LogP contribution in [0.1, 0.15) is 44.0 Å². The maximum Gasteiger partial charge on any atom is 0.168 e. The Morgan fingerprint density at radius 1 is 1.19 bits per heavy atom. The van der Waals surface area contributed by atoms with Crippen LogP contribution in [0.3, 0.4) is 0 Å². The first-order valence-electron chi connectivity index (χ1n) is 7.76. The number of carbonyl (C=O) groups is 1. The van der Waals surface area contributed by atoms with Crippen LogP contribution < -0.4 is 9.47 Å². The number of Topliss-reactive ketones (excluding diaryl/α,β-unsaturated/α-hetero) is 1. The molecule has 0 aliphatic carbocycles. The fraction of sp³-hybridized carbons (Fsp3) is 0.588. The maximum absolute atomic E-state index is 12.7. The average molecular weight is 292 g/mol. The maximum atomic E-state index is 12.7. The van der Waals surface area contributed by atoms with E-state index >= 15 is 0 Å². The lowest BCUT2D eigenvalue weighted by atomic mass is 9.90. The van der Waals surface area contributed by atoms with E-state index in [-0.39, 0.29) is 17.8 Å². The normalized spacial score (nSPS) is 21.3. The zero-order chi connectivity index (χ0) is 15.2. The molecule has 2 unspecified atom stereocenters. The van der Waals surface area contributed by atoms with E-state index in [0.717, 1.165) is 12.8 Å². The number of hydrogen-bond acceptors (Lipinski definition) is 4. The van der Waals surface area contributed by atoms with E-state index in [2.05, 4.69) is 6.92 Å². The van der Waals surface area contributed by atoms with Crippen LogP contribution in [0.15, 0.2) is 18.2 Å². The Balaban J connectivity index is 2.22. The van der Waals surface area contributed by atoms with Crippen LogP contribution in [0.5, 0.6) is 11.5 Å². The number of hydrogen-bond donors (Lipinski definition) is 0. The lowest BCUT2D eigenvalue weighted by Crippen LogP contribution is -2.23. The molecule has 1 heterocycles. The number of benzene rings is 1. The highest BCUT2D eigenvalue weighted by molar-refractivity contribution is 5.99. The van der Waals surface area contributed by atoms with Gasteiger partial charge in [-0.2, -0.15) is 0 Å². The van der Waals surface area contributed by atoms with Crippen molar-refractivity contribution in [3.63, 3.8) is 0 Å². The third kappa shape index (κ3) is 3.56. The van der Waals surface area contributed by atoms with Crippen LogP contribution in [-0.2, 0) is 4.74 Å². The number of ether oxygens (including phenoxy) is 3. The highest BCUT2D eigenvalue weighted by Gasteiger charge is 2.33. The minimum Gasteiger partial charge on any atom is -0.490 e.